The van der Waals surface area contributed by atoms with Crippen molar-refractivity contribution in [1.82, 2.24) is 0 Å². The molecule has 0 spiro atoms. The van der Waals surface area contributed by atoms with Crippen LogP contribution in [0.4, 0.5) is 10.0 Å². The number of rotatable bonds is 10. The van der Waals surface area contributed by atoms with E-state index in [1.807, 2.05) is 13.8 Å². The van der Waals surface area contributed by atoms with E-state index in [0.717, 1.165) is 85.1 Å². The summed E-state index contributed by atoms with van der Waals surface area (Å²) in [6.45, 7) is 4.49. The summed E-state index contributed by atoms with van der Waals surface area (Å²) < 4.78 is 11.0. The first kappa shape index (κ1) is 31.9. The van der Waals surface area contributed by atoms with Crippen molar-refractivity contribution in [2.45, 2.75) is 90.9 Å². The third-order valence-electron chi connectivity index (χ3n) is 8.00. The number of anilines is 2. The van der Waals surface area contributed by atoms with Crippen LogP contribution >= 0.6 is 22.7 Å². The molecule has 2 amide bonds. The summed E-state index contributed by atoms with van der Waals surface area (Å²) in [6.07, 6.45) is 10.9. The maximum Gasteiger partial charge on any atom is 0.341 e. The number of esters is 2. The molecule has 2 N–H and O–H groups in total. The largest absolute Gasteiger partial charge is 0.462 e. The molecule has 0 aliphatic heterocycles. The Kier molecular flexibility index (Phi) is 10.9. The minimum Gasteiger partial charge on any atom is -0.462 e. The number of hydrogen-bond acceptors (Lipinski definition) is 8. The maximum absolute atomic E-state index is 13.7. The second-order valence-corrected chi connectivity index (χ2v) is 13.5. The molecule has 0 saturated carbocycles. The Morgan fingerprint density at radius 1 is 0.636 bits per heavy atom. The zero-order chi connectivity index (χ0) is 31.1. The molecule has 10 heteroatoms. The minimum atomic E-state index is -0.485. The van der Waals surface area contributed by atoms with Crippen LogP contribution < -0.4 is 10.6 Å². The topological polar surface area (TPSA) is 111 Å². The first-order chi connectivity index (χ1) is 21.4. The summed E-state index contributed by atoms with van der Waals surface area (Å²) in [5.41, 5.74) is 3.16. The summed E-state index contributed by atoms with van der Waals surface area (Å²) in [5.74, 6) is -1.82. The molecule has 2 heterocycles. The van der Waals surface area contributed by atoms with Crippen LogP contribution in [-0.4, -0.2) is 37.0 Å². The van der Waals surface area contributed by atoms with E-state index < -0.39 is 23.8 Å². The summed E-state index contributed by atoms with van der Waals surface area (Å²) in [4.78, 5) is 56.0. The van der Waals surface area contributed by atoms with E-state index >= 15 is 0 Å². The lowest BCUT2D eigenvalue weighted by molar-refractivity contribution is 0.0496. The van der Waals surface area contributed by atoms with Crippen LogP contribution in [0.5, 0.6) is 0 Å². The smallest absolute Gasteiger partial charge is 0.341 e. The van der Waals surface area contributed by atoms with Gasteiger partial charge in [-0.2, -0.15) is 0 Å². The van der Waals surface area contributed by atoms with Gasteiger partial charge in [-0.15, -0.1) is 22.7 Å². The molecule has 0 unspecified atom stereocenters. The van der Waals surface area contributed by atoms with Crippen LogP contribution in [0.1, 0.15) is 128 Å². The number of carbonyl (C=O) groups is 4. The molecule has 2 aliphatic rings. The van der Waals surface area contributed by atoms with Gasteiger partial charge in [0.2, 0.25) is 0 Å². The van der Waals surface area contributed by atoms with Crippen molar-refractivity contribution in [2.24, 2.45) is 0 Å². The second kappa shape index (κ2) is 15.0. The van der Waals surface area contributed by atoms with Crippen LogP contribution in [-0.2, 0) is 35.2 Å². The highest BCUT2D eigenvalue weighted by Crippen LogP contribution is 2.40. The van der Waals surface area contributed by atoms with Gasteiger partial charge in [-0.25, -0.2) is 9.59 Å². The highest BCUT2D eigenvalue weighted by Gasteiger charge is 2.30. The van der Waals surface area contributed by atoms with E-state index in [1.54, 1.807) is 24.3 Å². The molecule has 0 atom stereocenters. The van der Waals surface area contributed by atoms with Crippen LogP contribution in [0.25, 0.3) is 0 Å². The number of benzene rings is 1. The van der Waals surface area contributed by atoms with Gasteiger partial charge in [0.1, 0.15) is 10.0 Å². The Morgan fingerprint density at radius 2 is 1.05 bits per heavy atom. The molecule has 3 aromatic rings. The molecule has 234 valence electrons. The Balaban J connectivity index is 1.43. The molecule has 0 bridgehead atoms. The van der Waals surface area contributed by atoms with E-state index in [1.165, 1.54) is 22.7 Å². The molecule has 44 heavy (non-hydrogen) atoms. The van der Waals surface area contributed by atoms with Crippen molar-refractivity contribution >= 4 is 56.4 Å². The van der Waals surface area contributed by atoms with Crippen molar-refractivity contribution < 1.29 is 28.7 Å². The maximum atomic E-state index is 13.7. The molecule has 1 aromatic carbocycles. The van der Waals surface area contributed by atoms with E-state index in [4.69, 9.17) is 9.47 Å². The van der Waals surface area contributed by atoms with Gasteiger partial charge in [-0.1, -0.05) is 38.8 Å². The Labute approximate surface area is 266 Å². The van der Waals surface area contributed by atoms with Crippen LogP contribution in [0.3, 0.4) is 0 Å². The monoisotopic (exact) mass is 636 g/mol. The lowest BCUT2D eigenvalue weighted by Gasteiger charge is -2.12. The summed E-state index contributed by atoms with van der Waals surface area (Å²) in [7, 11) is 0. The Morgan fingerprint density at radius 3 is 1.45 bits per heavy atom. The van der Waals surface area contributed by atoms with Crippen molar-refractivity contribution in [1.29, 1.82) is 0 Å². The van der Waals surface area contributed by atoms with E-state index in [0.29, 0.717) is 47.2 Å². The van der Waals surface area contributed by atoms with Gasteiger partial charge in [-0.05, 0) is 87.5 Å². The first-order valence-corrected chi connectivity index (χ1v) is 17.4. The van der Waals surface area contributed by atoms with Crippen molar-refractivity contribution in [3.8, 4) is 0 Å². The average Bonchev–Trinajstić information content (AvgIpc) is 3.31. The highest BCUT2D eigenvalue weighted by atomic mass is 32.1. The van der Waals surface area contributed by atoms with Crippen LogP contribution in [0.15, 0.2) is 24.3 Å². The molecule has 8 nitrogen and oxygen atoms in total. The van der Waals surface area contributed by atoms with Gasteiger partial charge in [-0.3, -0.25) is 9.59 Å². The number of thiophene rings is 2. The quantitative estimate of drug-likeness (QED) is 0.172. The zero-order valence-corrected chi connectivity index (χ0v) is 27.1. The summed E-state index contributed by atoms with van der Waals surface area (Å²) in [5, 5.41) is 6.81. The molecular weight excluding hydrogens is 597 g/mol. The molecule has 2 aliphatic carbocycles. The van der Waals surface area contributed by atoms with Crippen LogP contribution in [0.2, 0.25) is 0 Å². The first-order valence-electron chi connectivity index (χ1n) is 15.8. The zero-order valence-electron chi connectivity index (χ0n) is 25.5. The molecule has 0 fully saturated rings. The fraction of sp³-hybridized carbons (Fsp3) is 0.471. The highest BCUT2D eigenvalue weighted by molar-refractivity contribution is 7.17. The lowest BCUT2D eigenvalue weighted by Crippen LogP contribution is -2.21. The third-order valence-corrected chi connectivity index (χ3v) is 10.4. The number of carbonyl (C=O) groups excluding carboxylic acids is 4. The van der Waals surface area contributed by atoms with Crippen LogP contribution in [0, 0.1) is 0 Å². The number of fused-ring (bicyclic) bond motifs is 2. The van der Waals surface area contributed by atoms with Gasteiger partial charge in [0.15, 0.2) is 0 Å². The van der Waals surface area contributed by atoms with Gasteiger partial charge in [0, 0.05) is 9.75 Å². The molecule has 2 aromatic heterocycles. The summed E-state index contributed by atoms with van der Waals surface area (Å²) in [6, 6.07) is 6.59. The van der Waals surface area contributed by atoms with Crippen molar-refractivity contribution in [2.75, 3.05) is 23.8 Å². The van der Waals surface area contributed by atoms with E-state index in [-0.39, 0.29) is 11.1 Å². The number of aryl methyl sites for hydroxylation is 2. The Bertz CT molecular complexity index is 1430. The van der Waals surface area contributed by atoms with Gasteiger partial charge < -0.3 is 20.1 Å². The standard InChI is InChI=1S/C34H40N2O6S2/c1-3-19-41-33(39)27-23-15-7-5-9-17-25(23)43-31(27)35-29(37)21-13-11-12-14-22(21)30(38)36-32-28(34(40)42-20-4-2)24-16-8-6-10-18-26(24)44-32/h11-14H,3-10,15-20H2,1-2H3,(H,35,37)(H,36,38). The second-order valence-electron chi connectivity index (χ2n) is 11.3. The summed E-state index contributed by atoms with van der Waals surface area (Å²) >= 11 is 2.84. The molecule has 5 rings (SSSR count). The van der Waals surface area contributed by atoms with E-state index in [9.17, 15) is 19.2 Å². The number of ether oxygens (including phenoxy) is 2. The predicted octanol–water partition coefficient (Wildman–Crippen LogP) is 7.99. The molecule has 0 saturated heterocycles. The fourth-order valence-corrected chi connectivity index (χ4v) is 8.39. The van der Waals surface area contributed by atoms with Crippen molar-refractivity contribution in [3.05, 3.63) is 67.4 Å². The number of hydrogen-bond donors (Lipinski definition) is 2. The normalized spacial score (nSPS) is 14.4. The van der Waals surface area contributed by atoms with E-state index in [2.05, 4.69) is 10.6 Å². The fourth-order valence-electron chi connectivity index (χ4n) is 5.85. The SMILES string of the molecule is CCCOC(=O)c1c(NC(=O)c2ccccc2C(=O)Nc2sc3c(c2C(=O)OCCC)CCCCC3)sc2c1CCCCC2. The third kappa shape index (κ3) is 7.07. The number of nitrogens with one attached hydrogen (secondary N) is 2. The molecular formula is C34H40N2O6S2. The molecule has 0 radical (unpaired) electrons. The van der Waals surface area contributed by atoms with Gasteiger partial charge >= 0.3 is 11.9 Å². The predicted molar refractivity (Wildman–Crippen MR) is 175 cm³/mol. The minimum absolute atomic E-state index is 0.176. The average molecular weight is 637 g/mol. The van der Waals surface area contributed by atoms with Crippen molar-refractivity contribution in [3.63, 3.8) is 0 Å². The lowest BCUT2D eigenvalue weighted by atomic mass is 10.0. The Hall–Kier alpha value is -3.50. The number of amides is 2. The van der Waals surface area contributed by atoms with Gasteiger partial charge in [0.05, 0.1) is 35.5 Å². The van der Waals surface area contributed by atoms with Gasteiger partial charge in [0.25, 0.3) is 11.8 Å².